The molecule has 94 valence electrons. The lowest BCUT2D eigenvalue weighted by molar-refractivity contribution is 0.0656. The molecule has 0 saturated heterocycles. The van der Waals surface area contributed by atoms with Crippen molar-refractivity contribution in [1.82, 2.24) is 4.90 Å². The van der Waals surface area contributed by atoms with Crippen molar-refractivity contribution in [2.45, 2.75) is 0 Å². The number of halogens is 1. The number of rotatable bonds is 6. The van der Waals surface area contributed by atoms with Crippen molar-refractivity contribution in [2.24, 2.45) is 0 Å². The molecular weight excluding hydrogens is 333 g/mol. The molecule has 0 unspecified atom stereocenters. The number of hydrogen-bond donors (Lipinski definition) is 1. The van der Waals surface area contributed by atoms with E-state index in [1.807, 2.05) is 18.2 Å². The van der Waals surface area contributed by atoms with Crippen molar-refractivity contribution in [3.8, 4) is 0 Å². The number of aliphatic hydroxyl groups excluding tert-OH is 1. The zero-order chi connectivity index (χ0) is 12.7. The van der Waals surface area contributed by atoms with E-state index in [4.69, 9.17) is 9.84 Å². The fraction of sp³-hybridized carbons (Fsp3) is 0.417. The van der Waals surface area contributed by atoms with Gasteiger partial charge >= 0.3 is 0 Å². The van der Waals surface area contributed by atoms with Gasteiger partial charge in [0.2, 0.25) is 0 Å². The van der Waals surface area contributed by atoms with Crippen molar-refractivity contribution >= 4 is 28.5 Å². The van der Waals surface area contributed by atoms with Crippen LogP contribution in [-0.4, -0.2) is 49.3 Å². The Kier molecular flexibility index (Phi) is 6.46. The summed E-state index contributed by atoms with van der Waals surface area (Å²) in [5.41, 5.74) is 0.640. The third-order valence-electron chi connectivity index (χ3n) is 2.29. The summed E-state index contributed by atoms with van der Waals surface area (Å²) >= 11 is 2.17. The molecule has 0 fully saturated rings. The quantitative estimate of drug-likeness (QED) is 0.790. The number of nitrogens with zero attached hydrogens (tertiary/aromatic N) is 1. The molecule has 0 aromatic heterocycles. The summed E-state index contributed by atoms with van der Waals surface area (Å²) in [6.45, 7) is 1.24. The van der Waals surface area contributed by atoms with E-state index in [9.17, 15) is 4.79 Å². The summed E-state index contributed by atoms with van der Waals surface area (Å²) in [6.07, 6.45) is 0. The van der Waals surface area contributed by atoms with Crippen molar-refractivity contribution in [3.63, 3.8) is 0 Å². The van der Waals surface area contributed by atoms with E-state index in [1.165, 1.54) is 0 Å². The summed E-state index contributed by atoms with van der Waals surface area (Å²) in [6, 6.07) is 7.40. The second-order valence-corrected chi connectivity index (χ2v) is 4.76. The van der Waals surface area contributed by atoms with Crippen molar-refractivity contribution in [3.05, 3.63) is 33.4 Å². The molecule has 5 heteroatoms. The zero-order valence-corrected chi connectivity index (χ0v) is 11.9. The van der Waals surface area contributed by atoms with Gasteiger partial charge in [-0.2, -0.15) is 0 Å². The molecule has 0 heterocycles. The van der Waals surface area contributed by atoms with Crippen LogP contribution in [0.2, 0.25) is 0 Å². The van der Waals surface area contributed by atoms with Crippen LogP contribution < -0.4 is 0 Å². The number of methoxy groups -OCH3 is 1. The van der Waals surface area contributed by atoms with Crippen LogP contribution in [0.3, 0.4) is 0 Å². The van der Waals surface area contributed by atoms with Crippen LogP contribution in [0, 0.1) is 3.57 Å². The van der Waals surface area contributed by atoms with Gasteiger partial charge in [0, 0.05) is 29.3 Å². The number of hydrogen-bond acceptors (Lipinski definition) is 3. The Hall–Kier alpha value is -0.660. The maximum absolute atomic E-state index is 12.1. The van der Waals surface area contributed by atoms with Crippen LogP contribution in [0.15, 0.2) is 24.3 Å². The van der Waals surface area contributed by atoms with Gasteiger partial charge in [-0.3, -0.25) is 4.79 Å². The number of carbonyl (C=O) groups is 1. The Bertz CT molecular complexity index is 371. The van der Waals surface area contributed by atoms with Gasteiger partial charge in [0.25, 0.3) is 5.91 Å². The van der Waals surface area contributed by atoms with Crippen molar-refractivity contribution in [1.29, 1.82) is 0 Å². The molecule has 1 rings (SSSR count). The van der Waals surface area contributed by atoms with E-state index in [2.05, 4.69) is 22.6 Å². The maximum Gasteiger partial charge on any atom is 0.254 e. The van der Waals surface area contributed by atoms with E-state index in [-0.39, 0.29) is 12.5 Å². The Balaban J connectivity index is 2.76. The topological polar surface area (TPSA) is 49.8 Å². The van der Waals surface area contributed by atoms with Gasteiger partial charge in [0.05, 0.1) is 13.2 Å². The summed E-state index contributed by atoms with van der Waals surface area (Å²) in [7, 11) is 1.59. The van der Waals surface area contributed by atoms with Crippen molar-refractivity contribution in [2.75, 3.05) is 33.4 Å². The van der Waals surface area contributed by atoms with E-state index in [0.717, 1.165) is 3.57 Å². The summed E-state index contributed by atoms with van der Waals surface area (Å²) in [4.78, 5) is 13.7. The van der Waals surface area contributed by atoms with E-state index in [1.54, 1.807) is 18.1 Å². The predicted molar refractivity (Wildman–Crippen MR) is 74.0 cm³/mol. The first kappa shape index (κ1) is 14.4. The first-order valence-electron chi connectivity index (χ1n) is 5.33. The molecular formula is C12H16INO3. The minimum atomic E-state index is -0.0744. The van der Waals surface area contributed by atoms with E-state index in [0.29, 0.717) is 25.3 Å². The molecule has 0 radical (unpaired) electrons. The van der Waals surface area contributed by atoms with E-state index < -0.39 is 0 Å². The SMILES string of the molecule is COCCN(CCO)C(=O)c1cccc(I)c1. The highest BCUT2D eigenvalue weighted by Crippen LogP contribution is 2.10. The standard InChI is InChI=1S/C12H16INO3/c1-17-8-6-14(5-7-15)12(16)10-3-2-4-11(13)9-10/h2-4,9,15H,5-8H2,1H3. The molecule has 0 aliphatic carbocycles. The number of amides is 1. The van der Waals surface area contributed by atoms with Gasteiger partial charge in [-0.25, -0.2) is 0 Å². The highest BCUT2D eigenvalue weighted by Gasteiger charge is 2.14. The fourth-order valence-electron chi connectivity index (χ4n) is 1.44. The number of ether oxygens (including phenoxy) is 1. The monoisotopic (exact) mass is 349 g/mol. The first-order valence-corrected chi connectivity index (χ1v) is 6.41. The molecule has 4 nitrogen and oxygen atoms in total. The lowest BCUT2D eigenvalue weighted by Gasteiger charge is -2.21. The number of benzene rings is 1. The summed E-state index contributed by atoms with van der Waals surface area (Å²) in [5.74, 6) is -0.0744. The average molecular weight is 349 g/mol. The third kappa shape index (κ3) is 4.61. The lowest BCUT2D eigenvalue weighted by atomic mass is 10.2. The second-order valence-electron chi connectivity index (χ2n) is 3.52. The molecule has 1 aromatic rings. The maximum atomic E-state index is 12.1. The van der Waals surface area contributed by atoms with Crippen LogP contribution in [0.25, 0.3) is 0 Å². The molecule has 17 heavy (non-hydrogen) atoms. The first-order chi connectivity index (χ1) is 8.19. The molecule has 1 N–H and O–H groups in total. The number of carbonyl (C=O) groups excluding carboxylic acids is 1. The Labute approximate surface area is 115 Å². The van der Waals surface area contributed by atoms with E-state index >= 15 is 0 Å². The van der Waals surface area contributed by atoms with Gasteiger partial charge in [-0.1, -0.05) is 6.07 Å². The van der Waals surface area contributed by atoms with Gasteiger partial charge in [0.1, 0.15) is 0 Å². The summed E-state index contributed by atoms with van der Waals surface area (Å²) in [5, 5.41) is 8.95. The fourth-order valence-corrected chi connectivity index (χ4v) is 1.98. The van der Waals surface area contributed by atoms with Crippen LogP contribution >= 0.6 is 22.6 Å². The van der Waals surface area contributed by atoms with Gasteiger partial charge < -0.3 is 14.7 Å². The molecule has 0 aliphatic rings. The molecule has 0 spiro atoms. The normalized spacial score (nSPS) is 10.3. The Morgan fingerprint density at radius 3 is 2.82 bits per heavy atom. The van der Waals surface area contributed by atoms with Gasteiger partial charge in [-0.05, 0) is 40.8 Å². The minimum absolute atomic E-state index is 0.0423. The zero-order valence-electron chi connectivity index (χ0n) is 9.73. The average Bonchev–Trinajstić information content (AvgIpc) is 2.33. The van der Waals surface area contributed by atoms with Crippen LogP contribution in [0.4, 0.5) is 0 Å². The molecule has 1 amide bonds. The molecule has 1 aromatic carbocycles. The highest BCUT2D eigenvalue weighted by molar-refractivity contribution is 14.1. The third-order valence-corrected chi connectivity index (χ3v) is 2.97. The minimum Gasteiger partial charge on any atom is -0.395 e. The lowest BCUT2D eigenvalue weighted by Crippen LogP contribution is -2.36. The molecule has 0 bridgehead atoms. The largest absolute Gasteiger partial charge is 0.395 e. The Morgan fingerprint density at radius 1 is 1.47 bits per heavy atom. The smallest absolute Gasteiger partial charge is 0.254 e. The summed E-state index contributed by atoms with van der Waals surface area (Å²) < 4.78 is 5.97. The second kappa shape index (κ2) is 7.62. The molecule has 0 saturated carbocycles. The van der Waals surface area contributed by atoms with Gasteiger partial charge in [-0.15, -0.1) is 0 Å². The highest BCUT2D eigenvalue weighted by atomic mass is 127. The molecule has 0 atom stereocenters. The molecule has 0 aliphatic heterocycles. The van der Waals surface area contributed by atoms with Crippen molar-refractivity contribution < 1.29 is 14.6 Å². The van der Waals surface area contributed by atoms with Crippen LogP contribution in [0.1, 0.15) is 10.4 Å². The Morgan fingerprint density at radius 2 is 2.24 bits per heavy atom. The number of aliphatic hydroxyl groups is 1. The van der Waals surface area contributed by atoms with Gasteiger partial charge in [0.15, 0.2) is 0 Å². The van der Waals surface area contributed by atoms with Crippen LogP contribution in [0.5, 0.6) is 0 Å². The predicted octanol–water partition coefficient (Wildman–Crippen LogP) is 1.37. The van der Waals surface area contributed by atoms with Crippen LogP contribution in [-0.2, 0) is 4.74 Å².